The standard InChI is InChI=1S/C25H27N3O4S/c1-14(23-9-10-24(33-23)17-8-6-5-7-16(17)20(30)13-29)26-25-18-11-21(31-3)22(32-4)12-19(18)27-15(2)28-25/h5-12,14,20,29-30H,13H2,1-4H3,(H,26,27,28). The molecule has 2 atom stereocenters. The molecule has 0 amide bonds. The van der Waals surface area contributed by atoms with Gasteiger partial charge in [-0.2, -0.15) is 0 Å². The molecule has 0 aliphatic rings. The molecule has 0 saturated carbocycles. The van der Waals surface area contributed by atoms with Crippen molar-refractivity contribution in [2.45, 2.75) is 26.0 Å². The summed E-state index contributed by atoms with van der Waals surface area (Å²) in [5.41, 5.74) is 2.41. The number of hydrogen-bond donors (Lipinski definition) is 3. The molecule has 2 heterocycles. The molecule has 3 N–H and O–H groups in total. The molecule has 0 bridgehead atoms. The first kappa shape index (κ1) is 23.0. The number of aliphatic hydroxyl groups is 2. The lowest BCUT2D eigenvalue weighted by Gasteiger charge is -2.17. The fraction of sp³-hybridized carbons (Fsp3) is 0.280. The number of thiophene rings is 1. The van der Waals surface area contributed by atoms with Crippen LogP contribution in [0.5, 0.6) is 11.5 Å². The van der Waals surface area contributed by atoms with Crippen molar-refractivity contribution < 1.29 is 19.7 Å². The molecular formula is C25H27N3O4S. The Morgan fingerprint density at radius 2 is 1.76 bits per heavy atom. The number of fused-ring (bicyclic) bond motifs is 1. The van der Waals surface area contributed by atoms with Gasteiger partial charge in [0.15, 0.2) is 11.5 Å². The Morgan fingerprint density at radius 1 is 1.03 bits per heavy atom. The second-order valence-corrected chi connectivity index (χ2v) is 8.81. The molecule has 7 nitrogen and oxygen atoms in total. The van der Waals surface area contributed by atoms with Crippen LogP contribution in [-0.4, -0.2) is 41.0 Å². The van der Waals surface area contributed by atoms with E-state index in [1.54, 1.807) is 25.6 Å². The highest BCUT2D eigenvalue weighted by molar-refractivity contribution is 7.15. The molecule has 2 aromatic carbocycles. The largest absolute Gasteiger partial charge is 0.493 e. The maximum Gasteiger partial charge on any atom is 0.162 e. The molecule has 2 unspecified atom stereocenters. The Hall–Kier alpha value is -3.20. The van der Waals surface area contributed by atoms with Crippen LogP contribution in [-0.2, 0) is 0 Å². The fourth-order valence-corrected chi connectivity index (χ4v) is 4.86. The van der Waals surface area contributed by atoms with Gasteiger partial charge in [-0.3, -0.25) is 0 Å². The lowest BCUT2D eigenvalue weighted by atomic mass is 10.0. The van der Waals surface area contributed by atoms with Gasteiger partial charge < -0.3 is 25.0 Å². The third-order valence-electron chi connectivity index (χ3n) is 5.48. The van der Waals surface area contributed by atoms with Gasteiger partial charge in [-0.1, -0.05) is 24.3 Å². The van der Waals surface area contributed by atoms with E-state index in [4.69, 9.17) is 9.47 Å². The van der Waals surface area contributed by atoms with Gasteiger partial charge in [0.25, 0.3) is 0 Å². The molecule has 0 radical (unpaired) electrons. The third-order valence-corrected chi connectivity index (χ3v) is 6.78. The van der Waals surface area contributed by atoms with Crippen LogP contribution >= 0.6 is 11.3 Å². The van der Waals surface area contributed by atoms with Gasteiger partial charge in [-0.15, -0.1) is 11.3 Å². The van der Waals surface area contributed by atoms with Crippen molar-refractivity contribution in [1.29, 1.82) is 0 Å². The fourth-order valence-electron chi connectivity index (χ4n) is 3.80. The van der Waals surface area contributed by atoms with Gasteiger partial charge in [0, 0.05) is 21.2 Å². The zero-order chi connectivity index (χ0) is 23.5. The van der Waals surface area contributed by atoms with E-state index < -0.39 is 6.10 Å². The number of nitrogens with one attached hydrogen (secondary N) is 1. The highest BCUT2D eigenvalue weighted by Gasteiger charge is 2.18. The summed E-state index contributed by atoms with van der Waals surface area (Å²) in [6.45, 7) is 3.62. The van der Waals surface area contributed by atoms with Crippen molar-refractivity contribution in [3.8, 4) is 21.9 Å². The van der Waals surface area contributed by atoms with E-state index in [0.717, 1.165) is 32.0 Å². The van der Waals surface area contributed by atoms with Gasteiger partial charge in [0.1, 0.15) is 17.7 Å². The topological polar surface area (TPSA) is 96.7 Å². The molecule has 8 heteroatoms. The highest BCUT2D eigenvalue weighted by Crippen LogP contribution is 2.38. The van der Waals surface area contributed by atoms with Crippen LogP contribution in [0.25, 0.3) is 21.3 Å². The second-order valence-electron chi connectivity index (χ2n) is 7.70. The van der Waals surface area contributed by atoms with Crippen LogP contribution < -0.4 is 14.8 Å². The summed E-state index contributed by atoms with van der Waals surface area (Å²) in [7, 11) is 3.21. The van der Waals surface area contributed by atoms with E-state index >= 15 is 0 Å². The Morgan fingerprint density at radius 3 is 2.48 bits per heavy atom. The second kappa shape index (κ2) is 9.74. The monoisotopic (exact) mass is 465 g/mol. The molecule has 2 aromatic heterocycles. The summed E-state index contributed by atoms with van der Waals surface area (Å²) in [5.74, 6) is 2.61. The van der Waals surface area contributed by atoms with Crippen molar-refractivity contribution in [3.05, 3.63) is 64.8 Å². The summed E-state index contributed by atoms with van der Waals surface area (Å²) in [6.07, 6.45) is -0.912. The normalized spacial score (nSPS) is 13.0. The maximum absolute atomic E-state index is 10.2. The first-order chi connectivity index (χ1) is 15.9. The molecule has 0 fully saturated rings. The smallest absolute Gasteiger partial charge is 0.162 e. The first-order valence-electron chi connectivity index (χ1n) is 10.6. The van der Waals surface area contributed by atoms with Gasteiger partial charge in [0.05, 0.1) is 32.4 Å². The molecule has 33 heavy (non-hydrogen) atoms. The SMILES string of the molecule is COc1cc2nc(C)nc(NC(C)c3ccc(-c4ccccc4C(O)CO)s3)c2cc1OC. The molecular weight excluding hydrogens is 438 g/mol. The number of nitrogens with zero attached hydrogens (tertiary/aromatic N) is 2. The van der Waals surface area contributed by atoms with Crippen LogP contribution in [0.1, 0.15) is 35.3 Å². The van der Waals surface area contributed by atoms with Gasteiger partial charge in [-0.05, 0) is 43.2 Å². The summed E-state index contributed by atoms with van der Waals surface area (Å²) in [6, 6.07) is 15.4. The van der Waals surface area contributed by atoms with Crippen molar-refractivity contribution in [1.82, 2.24) is 9.97 Å². The van der Waals surface area contributed by atoms with Crippen LogP contribution in [0, 0.1) is 6.92 Å². The van der Waals surface area contributed by atoms with E-state index in [1.165, 1.54) is 0 Å². The van der Waals surface area contributed by atoms with E-state index in [9.17, 15) is 10.2 Å². The Balaban J connectivity index is 1.67. The maximum atomic E-state index is 10.2. The van der Waals surface area contributed by atoms with Crippen molar-refractivity contribution in [3.63, 3.8) is 0 Å². The minimum absolute atomic E-state index is 0.0238. The van der Waals surface area contributed by atoms with Crippen LogP contribution in [0.2, 0.25) is 0 Å². The predicted octanol–water partition coefficient (Wildman–Crippen LogP) is 4.88. The minimum atomic E-state index is -0.912. The number of aromatic nitrogens is 2. The van der Waals surface area contributed by atoms with E-state index in [2.05, 4.69) is 28.3 Å². The summed E-state index contributed by atoms with van der Waals surface area (Å²) < 4.78 is 10.9. The number of hydrogen-bond acceptors (Lipinski definition) is 8. The van der Waals surface area contributed by atoms with Crippen molar-refractivity contribution >= 4 is 28.1 Å². The number of aliphatic hydroxyl groups excluding tert-OH is 2. The molecule has 0 aliphatic heterocycles. The van der Waals surface area contributed by atoms with Crippen molar-refractivity contribution in [2.24, 2.45) is 0 Å². The quantitative estimate of drug-likeness (QED) is 0.341. The molecule has 172 valence electrons. The highest BCUT2D eigenvalue weighted by atomic mass is 32.1. The van der Waals surface area contributed by atoms with E-state index in [1.807, 2.05) is 49.4 Å². The molecule has 0 saturated heterocycles. The van der Waals surface area contributed by atoms with Crippen molar-refractivity contribution in [2.75, 3.05) is 26.1 Å². The Bertz CT molecular complexity index is 1270. The summed E-state index contributed by atoms with van der Waals surface area (Å²) in [5, 5.41) is 24.0. The zero-order valence-electron chi connectivity index (χ0n) is 19.0. The summed E-state index contributed by atoms with van der Waals surface area (Å²) in [4.78, 5) is 11.3. The Labute approximate surface area is 196 Å². The van der Waals surface area contributed by atoms with Crippen LogP contribution in [0.3, 0.4) is 0 Å². The van der Waals surface area contributed by atoms with E-state index in [-0.39, 0.29) is 12.6 Å². The van der Waals surface area contributed by atoms with E-state index in [0.29, 0.717) is 22.9 Å². The lowest BCUT2D eigenvalue weighted by molar-refractivity contribution is 0.0960. The van der Waals surface area contributed by atoms with Crippen LogP contribution in [0.15, 0.2) is 48.5 Å². The predicted molar refractivity (Wildman–Crippen MR) is 131 cm³/mol. The minimum Gasteiger partial charge on any atom is -0.493 e. The van der Waals surface area contributed by atoms with Gasteiger partial charge >= 0.3 is 0 Å². The molecule has 4 aromatic rings. The first-order valence-corrected chi connectivity index (χ1v) is 11.4. The molecule has 4 rings (SSSR count). The zero-order valence-corrected chi connectivity index (χ0v) is 19.8. The number of aryl methyl sites for hydroxylation is 1. The van der Waals surface area contributed by atoms with Crippen LogP contribution in [0.4, 0.5) is 5.82 Å². The number of methoxy groups -OCH3 is 2. The average molecular weight is 466 g/mol. The summed E-state index contributed by atoms with van der Waals surface area (Å²) >= 11 is 1.64. The third kappa shape index (κ3) is 4.64. The molecule has 0 spiro atoms. The number of rotatable bonds is 8. The number of ether oxygens (including phenoxy) is 2. The average Bonchev–Trinajstić information content (AvgIpc) is 3.33. The molecule has 0 aliphatic carbocycles. The van der Waals surface area contributed by atoms with Gasteiger partial charge in [-0.25, -0.2) is 9.97 Å². The Kier molecular flexibility index (Phi) is 6.78. The number of anilines is 1. The number of benzene rings is 2. The van der Waals surface area contributed by atoms with Gasteiger partial charge in [0.2, 0.25) is 0 Å². The lowest BCUT2D eigenvalue weighted by Crippen LogP contribution is -2.08.